The van der Waals surface area contributed by atoms with Crippen molar-refractivity contribution in [1.82, 2.24) is 4.90 Å². The Hall–Kier alpha value is -1.74. The fourth-order valence-corrected chi connectivity index (χ4v) is 2.53. The summed E-state index contributed by atoms with van der Waals surface area (Å²) in [5.74, 6) is -0.0537. The first-order chi connectivity index (χ1) is 8.81. The van der Waals surface area contributed by atoms with Crippen LogP contribution in [0.5, 0.6) is 0 Å². The lowest BCUT2D eigenvalue weighted by atomic mass is 10.0. The van der Waals surface area contributed by atoms with Crippen LogP contribution in [0.1, 0.15) is 11.6 Å². The summed E-state index contributed by atoms with van der Waals surface area (Å²) in [6, 6.07) is 7.80. The number of carbonyl (C=O) groups excluding carboxylic acids is 1. The number of benzene rings is 1. The van der Waals surface area contributed by atoms with Gasteiger partial charge in [0.1, 0.15) is 11.5 Å². The summed E-state index contributed by atoms with van der Waals surface area (Å²) >= 11 is 5.64. The van der Waals surface area contributed by atoms with Gasteiger partial charge in [-0.05, 0) is 6.07 Å². The number of carbonyl (C=O) groups is 1. The van der Waals surface area contributed by atoms with Gasteiger partial charge in [0.25, 0.3) is 0 Å². The zero-order valence-corrected chi connectivity index (χ0v) is 10.4. The molecule has 2 aromatic rings. The molecule has 1 unspecified atom stereocenters. The quantitative estimate of drug-likeness (QED) is 0.615. The van der Waals surface area contributed by atoms with Crippen LogP contribution < -0.4 is 0 Å². The van der Waals surface area contributed by atoms with Gasteiger partial charge in [0.2, 0.25) is 5.91 Å². The number of rotatable bonds is 2. The van der Waals surface area contributed by atoms with E-state index in [0.29, 0.717) is 6.54 Å². The summed E-state index contributed by atoms with van der Waals surface area (Å²) < 4.78 is 5.52. The van der Waals surface area contributed by atoms with Gasteiger partial charge in [-0.15, -0.1) is 11.6 Å². The summed E-state index contributed by atoms with van der Waals surface area (Å²) in [5.41, 5.74) is 1.84. The average molecular weight is 262 g/mol. The standard InChI is InChI=1S/C14H12ClNO2/c15-9-13(17)16-7-2-5-12(16)11-4-1-3-10-6-8-18-14(10)11/h1-6,8,12H,7,9H2. The molecule has 0 aliphatic carbocycles. The average Bonchev–Trinajstić information content (AvgIpc) is 3.05. The molecule has 0 bridgehead atoms. The molecule has 0 N–H and O–H groups in total. The van der Waals surface area contributed by atoms with Crippen molar-refractivity contribution in [3.63, 3.8) is 0 Å². The highest BCUT2D eigenvalue weighted by Gasteiger charge is 2.27. The number of nitrogens with zero attached hydrogens (tertiary/aromatic N) is 1. The first kappa shape index (κ1) is 11.4. The van der Waals surface area contributed by atoms with Crippen molar-refractivity contribution in [2.75, 3.05) is 12.4 Å². The fraction of sp³-hybridized carbons (Fsp3) is 0.214. The number of para-hydroxylation sites is 1. The zero-order valence-electron chi connectivity index (χ0n) is 9.67. The largest absolute Gasteiger partial charge is 0.464 e. The molecule has 1 aromatic carbocycles. The van der Waals surface area contributed by atoms with Crippen LogP contribution in [-0.4, -0.2) is 23.2 Å². The number of hydrogen-bond donors (Lipinski definition) is 0. The molecule has 2 heterocycles. The second kappa shape index (κ2) is 4.50. The van der Waals surface area contributed by atoms with Crippen LogP contribution in [0.4, 0.5) is 0 Å². The SMILES string of the molecule is O=C(CCl)N1CC=CC1c1cccc2ccoc12. The maximum Gasteiger partial charge on any atom is 0.238 e. The lowest BCUT2D eigenvalue weighted by Gasteiger charge is -2.24. The minimum atomic E-state index is -0.0777. The van der Waals surface area contributed by atoms with Crippen molar-refractivity contribution < 1.29 is 9.21 Å². The summed E-state index contributed by atoms with van der Waals surface area (Å²) in [6.45, 7) is 0.604. The maximum absolute atomic E-state index is 11.8. The molecular formula is C14H12ClNO2. The Morgan fingerprint density at radius 1 is 1.44 bits per heavy atom. The lowest BCUT2D eigenvalue weighted by molar-refractivity contribution is -0.128. The number of amides is 1. The van der Waals surface area contributed by atoms with Crippen LogP contribution in [-0.2, 0) is 4.79 Å². The fourth-order valence-electron chi connectivity index (χ4n) is 2.38. The molecule has 3 rings (SSSR count). The number of hydrogen-bond acceptors (Lipinski definition) is 2. The number of alkyl halides is 1. The van der Waals surface area contributed by atoms with Crippen LogP contribution in [0.3, 0.4) is 0 Å². The molecule has 1 amide bonds. The van der Waals surface area contributed by atoms with E-state index in [4.69, 9.17) is 16.0 Å². The van der Waals surface area contributed by atoms with Crippen molar-refractivity contribution in [3.8, 4) is 0 Å². The minimum Gasteiger partial charge on any atom is -0.464 e. The van der Waals surface area contributed by atoms with Crippen LogP contribution >= 0.6 is 11.6 Å². The molecule has 1 aromatic heterocycles. The molecule has 0 saturated carbocycles. The Morgan fingerprint density at radius 3 is 3.17 bits per heavy atom. The van der Waals surface area contributed by atoms with Crippen LogP contribution in [0, 0.1) is 0 Å². The summed E-state index contributed by atoms with van der Waals surface area (Å²) in [7, 11) is 0. The van der Waals surface area contributed by atoms with Crippen molar-refractivity contribution >= 4 is 28.5 Å². The molecule has 4 heteroatoms. The monoisotopic (exact) mass is 261 g/mol. The Bertz CT molecular complexity index is 617. The van der Waals surface area contributed by atoms with Gasteiger partial charge < -0.3 is 9.32 Å². The number of furan rings is 1. The molecule has 0 fully saturated rings. The van der Waals surface area contributed by atoms with E-state index in [1.54, 1.807) is 11.2 Å². The van der Waals surface area contributed by atoms with Crippen LogP contribution in [0.15, 0.2) is 47.1 Å². The van der Waals surface area contributed by atoms with E-state index >= 15 is 0 Å². The Balaban J connectivity index is 2.06. The van der Waals surface area contributed by atoms with Gasteiger partial charge >= 0.3 is 0 Å². The molecule has 0 saturated heterocycles. The van der Waals surface area contributed by atoms with E-state index < -0.39 is 0 Å². The predicted octanol–water partition coefficient (Wildman–Crippen LogP) is 3.11. The molecular weight excluding hydrogens is 250 g/mol. The van der Waals surface area contributed by atoms with E-state index in [2.05, 4.69) is 0 Å². The third kappa shape index (κ3) is 1.71. The topological polar surface area (TPSA) is 33.5 Å². The third-order valence-electron chi connectivity index (χ3n) is 3.22. The van der Waals surface area contributed by atoms with E-state index in [-0.39, 0.29) is 17.8 Å². The van der Waals surface area contributed by atoms with Gasteiger partial charge in [0.05, 0.1) is 12.3 Å². The van der Waals surface area contributed by atoms with Gasteiger partial charge in [-0.2, -0.15) is 0 Å². The first-order valence-electron chi connectivity index (χ1n) is 5.79. The molecule has 0 spiro atoms. The van der Waals surface area contributed by atoms with E-state index in [1.807, 2.05) is 36.4 Å². The van der Waals surface area contributed by atoms with Crippen LogP contribution in [0.2, 0.25) is 0 Å². The minimum absolute atomic E-state index is 0.00626. The van der Waals surface area contributed by atoms with Crippen molar-refractivity contribution in [2.45, 2.75) is 6.04 Å². The Labute approximate surface area is 110 Å². The molecule has 1 aliphatic heterocycles. The van der Waals surface area contributed by atoms with Gasteiger partial charge in [0.15, 0.2) is 0 Å². The highest BCUT2D eigenvalue weighted by atomic mass is 35.5. The summed E-state index contributed by atoms with van der Waals surface area (Å²) in [4.78, 5) is 13.5. The highest BCUT2D eigenvalue weighted by molar-refractivity contribution is 6.27. The highest BCUT2D eigenvalue weighted by Crippen LogP contribution is 2.32. The molecule has 1 atom stereocenters. The van der Waals surface area contributed by atoms with Crippen molar-refractivity contribution in [1.29, 1.82) is 0 Å². The van der Waals surface area contributed by atoms with Crippen molar-refractivity contribution in [3.05, 3.63) is 48.2 Å². The molecule has 1 aliphatic rings. The van der Waals surface area contributed by atoms with Gasteiger partial charge in [-0.25, -0.2) is 0 Å². The van der Waals surface area contributed by atoms with Crippen molar-refractivity contribution in [2.24, 2.45) is 0 Å². The zero-order chi connectivity index (χ0) is 12.5. The predicted molar refractivity (Wildman–Crippen MR) is 70.5 cm³/mol. The lowest BCUT2D eigenvalue weighted by Crippen LogP contribution is -2.32. The van der Waals surface area contributed by atoms with Gasteiger partial charge in [0, 0.05) is 17.5 Å². The first-order valence-corrected chi connectivity index (χ1v) is 6.33. The molecule has 0 radical (unpaired) electrons. The normalized spacial score (nSPS) is 18.7. The number of fused-ring (bicyclic) bond motifs is 1. The smallest absolute Gasteiger partial charge is 0.238 e. The third-order valence-corrected chi connectivity index (χ3v) is 3.45. The Morgan fingerprint density at radius 2 is 2.33 bits per heavy atom. The van der Waals surface area contributed by atoms with Crippen LogP contribution in [0.25, 0.3) is 11.0 Å². The Kier molecular flexibility index (Phi) is 2.84. The second-order valence-corrected chi connectivity index (χ2v) is 4.51. The summed E-state index contributed by atoms with van der Waals surface area (Å²) in [6.07, 6.45) is 5.67. The van der Waals surface area contributed by atoms with Gasteiger partial charge in [-0.1, -0.05) is 30.4 Å². The molecule has 18 heavy (non-hydrogen) atoms. The van der Waals surface area contributed by atoms with E-state index in [0.717, 1.165) is 16.5 Å². The summed E-state index contributed by atoms with van der Waals surface area (Å²) in [5, 5.41) is 1.05. The maximum atomic E-state index is 11.8. The van der Waals surface area contributed by atoms with E-state index in [1.165, 1.54) is 0 Å². The molecule has 92 valence electrons. The number of halogens is 1. The van der Waals surface area contributed by atoms with E-state index in [9.17, 15) is 4.79 Å². The molecule has 3 nitrogen and oxygen atoms in total. The second-order valence-electron chi connectivity index (χ2n) is 4.24. The van der Waals surface area contributed by atoms with Gasteiger partial charge in [-0.3, -0.25) is 4.79 Å².